The zero-order chi connectivity index (χ0) is 28.5. The lowest BCUT2D eigenvalue weighted by atomic mass is 9.94. The van der Waals surface area contributed by atoms with Gasteiger partial charge in [0.15, 0.2) is 0 Å². The lowest BCUT2D eigenvalue weighted by Crippen LogP contribution is -2.40. The molecule has 7 heteroatoms. The number of aliphatic hydroxyl groups excluding tert-OH is 1. The van der Waals surface area contributed by atoms with Crippen molar-refractivity contribution in [3.05, 3.63) is 97.1 Å². The largest absolute Gasteiger partial charge is 0.455 e. The fraction of sp³-hybridized carbons (Fsp3) is 0.406. The number of allylic oxidation sites excluding steroid dienone is 2. The molecule has 210 valence electrons. The Morgan fingerprint density at radius 3 is 2.26 bits per heavy atom. The van der Waals surface area contributed by atoms with Gasteiger partial charge in [-0.25, -0.2) is 0 Å². The van der Waals surface area contributed by atoms with E-state index in [9.17, 15) is 19.5 Å². The zero-order valence-electron chi connectivity index (χ0n) is 22.9. The van der Waals surface area contributed by atoms with E-state index >= 15 is 0 Å². The first-order chi connectivity index (χ1) is 18.9. The van der Waals surface area contributed by atoms with Crippen LogP contribution in [0.25, 0.3) is 0 Å². The van der Waals surface area contributed by atoms with Crippen molar-refractivity contribution in [2.24, 2.45) is 11.8 Å². The number of esters is 1. The summed E-state index contributed by atoms with van der Waals surface area (Å²) in [5.74, 6) is -1.94. The summed E-state index contributed by atoms with van der Waals surface area (Å²) < 4.78 is 6.03. The summed E-state index contributed by atoms with van der Waals surface area (Å²) >= 11 is 0. The number of ether oxygens (including phenoxy) is 1. The van der Waals surface area contributed by atoms with Gasteiger partial charge in [-0.15, -0.1) is 13.2 Å². The summed E-state index contributed by atoms with van der Waals surface area (Å²) in [5, 5.41) is 14.7. The van der Waals surface area contributed by atoms with Crippen molar-refractivity contribution in [3.8, 4) is 0 Å². The summed E-state index contributed by atoms with van der Waals surface area (Å²) in [5.41, 5.74) is 1.83. The average Bonchev–Trinajstić information content (AvgIpc) is 2.95. The first kappa shape index (κ1) is 31.5. The Morgan fingerprint density at radius 2 is 1.64 bits per heavy atom. The highest BCUT2D eigenvalue weighted by Gasteiger charge is 2.27. The highest BCUT2D eigenvalue weighted by atomic mass is 16.5. The summed E-state index contributed by atoms with van der Waals surface area (Å²) in [4.78, 5) is 38.8. The Morgan fingerprint density at radius 1 is 0.974 bits per heavy atom. The van der Waals surface area contributed by atoms with Crippen LogP contribution in [0.4, 0.5) is 0 Å². The van der Waals surface area contributed by atoms with Crippen LogP contribution in [0, 0.1) is 11.8 Å². The van der Waals surface area contributed by atoms with Crippen LogP contribution in [0.15, 0.2) is 86.0 Å². The molecule has 0 radical (unpaired) electrons. The molecule has 0 aliphatic rings. The molecule has 7 nitrogen and oxygen atoms in total. The van der Waals surface area contributed by atoms with Gasteiger partial charge < -0.3 is 20.5 Å². The molecule has 0 aliphatic heterocycles. The molecular weight excluding hydrogens is 492 g/mol. The molecule has 0 unspecified atom stereocenters. The minimum Gasteiger partial charge on any atom is -0.455 e. The van der Waals surface area contributed by atoms with Crippen LogP contribution in [-0.2, 0) is 25.5 Å². The lowest BCUT2D eigenvalue weighted by Gasteiger charge is -2.24. The third-order valence-corrected chi connectivity index (χ3v) is 6.45. The highest BCUT2D eigenvalue weighted by Crippen LogP contribution is 2.23. The molecule has 2 amide bonds. The topological polar surface area (TPSA) is 105 Å². The lowest BCUT2D eigenvalue weighted by molar-refractivity contribution is -0.155. The van der Waals surface area contributed by atoms with Crippen molar-refractivity contribution in [1.29, 1.82) is 0 Å². The third kappa shape index (κ3) is 11.7. The van der Waals surface area contributed by atoms with Crippen LogP contribution in [0.1, 0.15) is 56.3 Å². The molecule has 0 spiro atoms. The fourth-order valence-electron chi connectivity index (χ4n) is 4.27. The third-order valence-electron chi connectivity index (χ3n) is 6.45. The Bertz CT molecular complexity index is 1040. The van der Waals surface area contributed by atoms with Gasteiger partial charge in [0, 0.05) is 12.5 Å². The number of nitrogens with one attached hydrogen (secondary N) is 2. The molecule has 3 N–H and O–H groups in total. The zero-order valence-corrected chi connectivity index (χ0v) is 22.9. The van der Waals surface area contributed by atoms with E-state index in [0.717, 1.165) is 24.0 Å². The van der Waals surface area contributed by atoms with Crippen molar-refractivity contribution in [2.75, 3.05) is 13.2 Å². The Kier molecular flexibility index (Phi) is 14.3. The molecule has 2 aromatic carbocycles. The van der Waals surface area contributed by atoms with Crippen LogP contribution >= 0.6 is 0 Å². The molecule has 0 fully saturated rings. The second-order valence-corrected chi connectivity index (χ2v) is 9.76. The van der Waals surface area contributed by atoms with Crippen molar-refractivity contribution in [3.63, 3.8) is 0 Å². The van der Waals surface area contributed by atoms with E-state index in [1.165, 1.54) is 0 Å². The SMILES string of the molecule is C=CCCC[C@H](Cc1ccccc1)C(=O)O[C@@H](CNC(=O)[C@H](CC=C)CC(=O)N[C@H](C)CO)c1ccccc1. The van der Waals surface area contributed by atoms with E-state index in [1.807, 2.05) is 66.7 Å². The van der Waals surface area contributed by atoms with Crippen LogP contribution in [0.5, 0.6) is 0 Å². The molecular formula is C32H42N2O5. The maximum absolute atomic E-state index is 13.4. The van der Waals surface area contributed by atoms with Crippen LogP contribution in [-0.4, -0.2) is 42.1 Å². The molecule has 0 bridgehead atoms. The first-order valence-electron chi connectivity index (χ1n) is 13.6. The molecule has 4 atom stereocenters. The number of carbonyl (C=O) groups excluding carboxylic acids is 3. The van der Waals surface area contributed by atoms with Gasteiger partial charge in [0.2, 0.25) is 11.8 Å². The molecule has 0 aromatic heterocycles. The quantitative estimate of drug-likeness (QED) is 0.146. The summed E-state index contributed by atoms with van der Waals surface area (Å²) in [6, 6.07) is 18.8. The summed E-state index contributed by atoms with van der Waals surface area (Å²) in [6.07, 6.45) is 5.88. The standard InChI is InChI=1S/C32H42N2O5/c1-4-6-9-19-28(20-25-15-10-7-11-16-25)32(38)39-29(26-17-12-8-13-18-26)22-33-31(37)27(14-5-2)21-30(36)34-24(3)23-35/h4-5,7-8,10-13,15-18,24,27-29,35H,1-2,6,9,14,19-23H2,3H3,(H,33,37)(H,34,36)/t24-,27-,28-,29+/m1/s1. The van der Waals surface area contributed by atoms with Gasteiger partial charge in [-0.05, 0) is 50.2 Å². The predicted molar refractivity (Wildman–Crippen MR) is 154 cm³/mol. The molecule has 0 saturated carbocycles. The number of rotatable bonds is 18. The smallest absolute Gasteiger partial charge is 0.309 e. The second kappa shape index (κ2) is 17.7. The minimum absolute atomic E-state index is 0.0412. The van der Waals surface area contributed by atoms with Gasteiger partial charge in [-0.1, -0.05) is 72.8 Å². The first-order valence-corrected chi connectivity index (χ1v) is 13.6. The van der Waals surface area contributed by atoms with Gasteiger partial charge in [-0.3, -0.25) is 14.4 Å². The van der Waals surface area contributed by atoms with Crippen molar-refractivity contribution in [2.45, 2.75) is 57.6 Å². The Hall–Kier alpha value is -3.71. The molecule has 0 heterocycles. The Balaban J connectivity index is 2.13. The van der Waals surface area contributed by atoms with E-state index in [0.29, 0.717) is 19.3 Å². The summed E-state index contributed by atoms with van der Waals surface area (Å²) in [7, 11) is 0. The van der Waals surface area contributed by atoms with Gasteiger partial charge in [0.1, 0.15) is 6.10 Å². The van der Waals surface area contributed by atoms with Gasteiger partial charge in [-0.2, -0.15) is 0 Å². The van der Waals surface area contributed by atoms with Crippen molar-refractivity contribution < 1.29 is 24.2 Å². The molecule has 39 heavy (non-hydrogen) atoms. The number of hydrogen-bond donors (Lipinski definition) is 3. The number of unbranched alkanes of at least 4 members (excludes halogenated alkanes) is 1. The van der Waals surface area contributed by atoms with E-state index in [4.69, 9.17) is 4.74 Å². The van der Waals surface area contributed by atoms with Crippen LogP contribution in [0.3, 0.4) is 0 Å². The van der Waals surface area contributed by atoms with Crippen molar-refractivity contribution >= 4 is 17.8 Å². The number of benzene rings is 2. The number of carbonyl (C=O) groups is 3. The predicted octanol–water partition coefficient (Wildman–Crippen LogP) is 4.68. The van der Waals surface area contributed by atoms with E-state index in [2.05, 4.69) is 23.8 Å². The minimum atomic E-state index is -0.687. The fourth-order valence-corrected chi connectivity index (χ4v) is 4.27. The Labute approximate surface area is 232 Å². The maximum Gasteiger partial charge on any atom is 0.309 e. The number of amides is 2. The maximum atomic E-state index is 13.4. The molecule has 0 aliphatic carbocycles. The highest BCUT2D eigenvalue weighted by molar-refractivity contribution is 5.86. The van der Waals surface area contributed by atoms with Crippen LogP contribution < -0.4 is 10.6 Å². The van der Waals surface area contributed by atoms with Crippen LogP contribution in [0.2, 0.25) is 0 Å². The van der Waals surface area contributed by atoms with Gasteiger partial charge >= 0.3 is 5.97 Å². The molecule has 2 rings (SSSR count). The van der Waals surface area contributed by atoms with E-state index in [1.54, 1.807) is 13.0 Å². The van der Waals surface area contributed by atoms with Gasteiger partial charge in [0.25, 0.3) is 0 Å². The summed E-state index contributed by atoms with van der Waals surface area (Å²) in [6.45, 7) is 9.05. The normalized spacial score (nSPS) is 13.8. The molecule has 0 saturated heterocycles. The average molecular weight is 535 g/mol. The van der Waals surface area contributed by atoms with Gasteiger partial charge in [0.05, 0.1) is 25.0 Å². The number of aliphatic hydroxyl groups is 1. The van der Waals surface area contributed by atoms with E-state index < -0.39 is 18.1 Å². The molecule has 2 aromatic rings. The van der Waals surface area contributed by atoms with E-state index in [-0.39, 0.29) is 43.3 Å². The number of hydrogen-bond acceptors (Lipinski definition) is 5. The van der Waals surface area contributed by atoms with Crippen molar-refractivity contribution in [1.82, 2.24) is 10.6 Å². The monoisotopic (exact) mass is 534 g/mol. The second-order valence-electron chi connectivity index (χ2n) is 9.76.